The summed E-state index contributed by atoms with van der Waals surface area (Å²) in [5.74, 6) is -0.0872. The summed E-state index contributed by atoms with van der Waals surface area (Å²) in [6.07, 6.45) is 3.16. The molecule has 1 saturated carbocycles. The molecule has 9 heteroatoms. The van der Waals surface area contributed by atoms with Crippen LogP contribution < -0.4 is 4.72 Å². The molecule has 2 rings (SSSR count). The molecule has 1 atom stereocenters. The topological polar surface area (TPSA) is 76.9 Å². The zero-order valence-electron chi connectivity index (χ0n) is 11.4. The predicted octanol–water partition coefficient (Wildman–Crippen LogP) is 1.69. The van der Waals surface area contributed by atoms with E-state index in [2.05, 4.69) is 15.0 Å². The molecule has 1 aliphatic rings. The molecule has 0 aliphatic heterocycles. The minimum absolute atomic E-state index is 0.0872. The molecule has 0 aromatic carbocycles. The van der Waals surface area contributed by atoms with E-state index in [0.29, 0.717) is 12.1 Å². The number of halogens is 2. The Morgan fingerprint density at radius 3 is 2.70 bits per heavy atom. The maximum absolute atomic E-state index is 12.0. The Morgan fingerprint density at radius 2 is 2.15 bits per heavy atom. The van der Waals surface area contributed by atoms with Gasteiger partial charge in [0.1, 0.15) is 4.33 Å². The molecule has 0 spiro atoms. The summed E-state index contributed by atoms with van der Waals surface area (Å²) in [6, 6.07) is 0. The molecule has 0 amide bonds. The van der Waals surface area contributed by atoms with Crippen LogP contribution in [0.1, 0.15) is 32.4 Å². The van der Waals surface area contributed by atoms with Crippen molar-refractivity contribution in [3.8, 4) is 0 Å². The van der Waals surface area contributed by atoms with Crippen LogP contribution in [-0.4, -0.2) is 33.5 Å². The summed E-state index contributed by atoms with van der Waals surface area (Å²) in [4.78, 5) is 0. The van der Waals surface area contributed by atoms with Gasteiger partial charge in [-0.05, 0) is 12.8 Å². The fraction of sp³-hybridized carbons (Fsp3) is 0.818. The van der Waals surface area contributed by atoms with Gasteiger partial charge in [0, 0.05) is 18.2 Å². The normalized spacial score (nSPS) is 24.8. The molecule has 114 valence electrons. The zero-order valence-corrected chi connectivity index (χ0v) is 13.8. The van der Waals surface area contributed by atoms with E-state index in [0.717, 1.165) is 13.0 Å². The number of alkyl halides is 2. The Hall–Kier alpha value is -0.370. The van der Waals surface area contributed by atoms with Gasteiger partial charge in [-0.3, -0.25) is 4.68 Å². The third-order valence-corrected chi connectivity index (χ3v) is 6.17. The van der Waals surface area contributed by atoms with Crippen LogP contribution in [0, 0.1) is 5.41 Å². The Balaban J connectivity index is 1.89. The van der Waals surface area contributed by atoms with Gasteiger partial charge in [-0.2, -0.15) is 0 Å². The van der Waals surface area contributed by atoms with E-state index in [1.807, 2.05) is 6.92 Å². The van der Waals surface area contributed by atoms with E-state index in [1.165, 1.54) is 0 Å². The van der Waals surface area contributed by atoms with Crippen molar-refractivity contribution in [2.24, 2.45) is 5.41 Å². The molecule has 1 heterocycles. The first-order chi connectivity index (χ1) is 9.17. The first-order valence-corrected chi connectivity index (χ1v) is 8.82. The molecular formula is C11H18Cl2N4O2S. The van der Waals surface area contributed by atoms with Gasteiger partial charge in [0.25, 0.3) is 0 Å². The Morgan fingerprint density at radius 1 is 1.50 bits per heavy atom. The summed E-state index contributed by atoms with van der Waals surface area (Å²) in [6.45, 7) is 4.69. The van der Waals surface area contributed by atoms with Crippen LogP contribution in [0.3, 0.4) is 0 Å². The average molecular weight is 341 g/mol. The van der Waals surface area contributed by atoms with Crippen LogP contribution in [0.25, 0.3) is 0 Å². The highest BCUT2D eigenvalue weighted by Crippen LogP contribution is 2.64. The molecule has 1 N–H and O–H groups in total. The lowest BCUT2D eigenvalue weighted by Gasteiger charge is -2.12. The SMILES string of the molecule is CCCn1cc(CNS(=O)(=O)CC2(C)CC2(Cl)Cl)nn1. The average Bonchev–Trinajstić information content (AvgIpc) is 2.67. The second kappa shape index (κ2) is 5.44. The summed E-state index contributed by atoms with van der Waals surface area (Å²) in [5, 5.41) is 7.82. The fourth-order valence-corrected chi connectivity index (χ4v) is 4.55. The van der Waals surface area contributed by atoms with Gasteiger partial charge in [0.2, 0.25) is 10.0 Å². The zero-order chi connectivity index (χ0) is 15.0. The molecular weight excluding hydrogens is 323 g/mol. The van der Waals surface area contributed by atoms with Crippen LogP contribution in [-0.2, 0) is 23.1 Å². The van der Waals surface area contributed by atoms with Gasteiger partial charge < -0.3 is 0 Å². The largest absolute Gasteiger partial charge is 0.252 e. The highest BCUT2D eigenvalue weighted by atomic mass is 35.5. The van der Waals surface area contributed by atoms with Gasteiger partial charge in [0.05, 0.1) is 18.0 Å². The number of hydrogen-bond acceptors (Lipinski definition) is 4. The van der Waals surface area contributed by atoms with Crippen LogP contribution in [0.15, 0.2) is 6.20 Å². The van der Waals surface area contributed by atoms with E-state index in [9.17, 15) is 8.42 Å². The second-order valence-corrected chi connectivity index (χ2v) is 8.79. The number of aryl methyl sites for hydroxylation is 1. The number of hydrogen-bond donors (Lipinski definition) is 1. The lowest BCUT2D eigenvalue weighted by molar-refractivity contribution is 0.551. The van der Waals surface area contributed by atoms with Crippen LogP contribution >= 0.6 is 23.2 Å². The predicted molar refractivity (Wildman–Crippen MR) is 78.1 cm³/mol. The van der Waals surface area contributed by atoms with Crippen LogP contribution in [0.5, 0.6) is 0 Å². The van der Waals surface area contributed by atoms with Crippen LogP contribution in [0.2, 0.25) is 0 Å². The molecule has 0 radical (unpaired) electrons. The number of nitrogens with one attached hydrogen (secondary N) is 1. The van der Waals surface area contributed by atoms with E-state index < -0.39 is 19.8 Å². The van der Waals surface area contributed by atoms with Gasteiger partial charge in [0.15, 0.2) is 0 Å². The molecule has 1 aromatic heterocycles. The quantitative estimate of drug-likeness (QED) is 0.766. The van der Waals surface area contributed by atoms with Crippen molar-refractivity contribution >= 4 is 33.2 Å². The van der Waals surface area contributed by atoms with E-state index in [-0.39, 0.29) is 12.3 Å². The van der Waals surface area contributed by atoms with Crippen molar-refractivity contribution in [2.45, 2.75) is 44.1 Å². The Kier molecular flexibility index (Phi) is 4.35. The summed E-state index contributed by atoms with van der Waals surface area (Å²) in [5.41, 5.74) is 0.00729. The maximum atomic E-state index is 12.0. The van der Waals surface area contributed by atoms with Crippen molar-refractivity contribution in [3.05, 3.63) is 11.9 Å². The van der Waals surface area contributed by atoms with Crippen molar-refractivity contribution in [1.29, 1.82) is 0 Å². The number of nitrogens with zero attached hydrogens (tertiary/aromatic N) is 3. The molecule has 1 aliphatic carbocycles. The Labute approximate surface area is 128 Å². The summed E-state index contributed by atoms with van der Waals surface area (Å²) in [7, 11) is -3.44. The van der Waals surface area contributed by atoms with E-state index >= 15 is 0 Å². The van der Waals surface area contributed by atoms with Crippen molar-refractivity contribution in [1.82, 2.24) is 19.7 Å². The van der Waals surface area contributed by atoms with Gasteiger partial charge in [-0.15, -0.1) is 28.3 Å². The minimum atomic E-state index is -3.44. The molecule has 1 aromatic rings. The molecule has 1 fully saturated rings. The first-order valence-electron chi connectivity index (χ1n) is 6.42. The van der Waals surface area contributed by atoms with Gasteiger partial charge >= 0.3 is 0 Å². The van der Waals surface area contributed by atoms with Gasteiger partial charge in [-0.1, -0.05) is 19.1 Å². The maximum Gasteiger partial charge on any atom is 0.212 e. The van der Waals surface area contributed by atoms with E-state index in [1.54, 1.807) is 17.8 Å². The molecule has 20 heavy (non-hydrogen) atoms. The number of sulfonamides is 1. The summed E-state index contributed by atoms with van der Waals surface area (Å²) < 4.78 is 27.2. The number of aromatic nitrogens is 3. The highest BCUT2D eigenvalue weighted by Gasteiger charge is 2.64. The van der Waals surface area contributed by atoms with E-state index in [4.69, 9.17) is 23.2 Å². The Bertz CT molecular complexity index is 587. The number of rotatable bonds is 7. The lowest BCUT2D eigenvalue weighted by atomic mass is 10.2. The molecule has 0 bridgehead atoms. The van der Waals surface area contributed by atoms with Crippen molar-refractivity contribution in [3.63, 3.8) is 0 Å². The third-order valence-electron chi connectivity index (χ3n) is 3.39. The van der Waals surface area contributed by atoms with Crippen molar-refractivity contribution in [2.75, 3.05) is 5.75 Å². The smallest absolute Gasteiger partial charge is 0.212 e. The van der Waals surface area contributed by atoms with Crippen LogP contribution in [0.4, 0.5) is 0 Å². The lowest BCUT2D eigenvalue weighted by Crippen LogP contribution is -2.31. The fourth-order valence-electron chi connectivity index (χ4n) is 2.01. The second-order valence-electron chi connectivity index (χ2n) is 5.50. The first kappa shape index (κ1) is 16.0. The third kappa shape index (κ3) is 3.63. The van der Waals surface area contributed by atoms with Gasteiger partial charge in [-0.25, -0.2) is 13.1 Å². The molecule has 0 saturated heterocycles. The molecule has 1 unspecified atom stereocenters. The van der Waals surface area contributed by atoms with Crippen molar-refractivity contribution < 1.29 is 8.42 Å². The standard InChI is InChI=1S/C11H18Cl2N4O2S/c1-3-4-17-6-9(15-16-17)5-14-20(18,19)8-10(2)7-11(10,12)13/h6,14H,3-5,7-8H2,1-2H3. The highest BCUT2D eigenvalue weighted by molar-refractivity contribution is 7.89. The monoisotopic (exact) mass is 340 g/mol. The molecule has 6 nitrogen and oxygen atoms in total. The summed E-state index contributed by atoms with van der Waals surface area (Å²) >= 11 is 11.9. The minimum Gasteiger partial charge on any atom is -0.252 e.